The predicted octanol–water partition coefficient (Wildman–Crippen LogP) is 0.185. The molecule has 3 rings (SSSR count). The summed E-state index contributed by atoms with van der Waals surface area (Å²) in [6.07, 6.45) is 1.26. The first kappa shape index (κ1) is 13.1. The van der Waals surface area contributed by atoms with Gasteiger partial charge in [0.1, 0.15) is 16.5 Å². The summed E-state index contributed by atoms with van der Waals surface area (Å²) in [7, 11) is 0. The molecule has 3 aromatic rings. The molecule has 0 radical (unpaired) electrons. The summed E-state index contributed by atoms with van der Waals surface area (Å²) in [5.41, 5.74) is 5.91. The van der Waals surface area contributed by atoms with Gasteiger partial charge in [-0.15, -0.1) is 5.10 Å². The number of aromatic nitrogens is 6. The maximum absolute atomic E-state index is 11.4. The van der Waals surface area contributed by atoms with E-state index in [2.05, 4.69) is 25.5 Å². The number of rotatable bonds is 3. The van der Waals surface area contributed by atoms with Gasteiger partial charge in [0.05, 0.1) is 12.0 Å². The minimum atomic E-state index is -0.420. The van der Waals surface area contributed by atoms with E-state index < -0.39 is 5.56 Å². The highest BCUT2D eigenvalue weighted by Gasteiger charge is 2.14. The van der Waals surface area contributed by atoms with Crippen molar-refractivity contribution in [2.45, 2.75) is 10.2 Å². The zero-order valence-corrected chi connectivity index (χ0v) is 11.3. The van der Waals surface area contributed by atoms with Crippen LogP contribution in [0.15, 0.2) is 45.6 Å². The lowest BCUT2D eigenvalue weighted by atomic mass is 10.3. The zero-order valence-electron chi connectivity index (χ0n) is 10.5. The summed E-state index contributed by atoms with van der Waals surface area (Å²) < 4.78 is 1.45. The molecule has 0 atom stereocenters. The van der Waals surface area contributed by atoms with E-state index in [-0.39, 0.29) is 11.4 Å². The minimum Gasteiger partial charge on any atom is -0.508 e. The molecule has 9 nitrogen and oxygen atoms in total. The van der Waals surface area contributed by atoms with Crippen LogP contribution in [0.25, 0.3) is 5.69 Å². The number of H-pyrrole nitrogens is 1. The Balaban J connectivity index is 1.98. The number of nitrogens with one attached hydrogen (secondary N) is 1. The molecule has 0 fully saturated rings. The van der Waals surface area contributed by atoms with E-state index in [1.165, 1.54) is 23.1 Å². The number of nitrogen functional groups attached to an aromatic ring is 1. The van der Waals surface area contributed by atoms with Crippen molar-refractivity contribution in [1.29, 1.82) is 0 Å². The molecule has 2 heterocycles. The molecule has 21 heavy (non-hydrogen) atoms. The summed E-state index contributed by atoms with van der Waals surface area (Å²) in [6, 6.07) is 6.35. The molecule has 0 unspecified atom stereocenters. The lowest BCUT2D eigenvalue weighted by Crippen LogP contribution is -2.13. The molecule has 1 aromatic carbocycles. The molecule has 0 saturated heterocycles. The normalized spacial score (nSPS) is 10.7. The second kappa shape index (κ2) is 5.25. The Hall–Kier alpha value is -2.88. The van der Waals surface area contributed by atoms with Crippen molar-refractivity contribution in [2.24, 2.45) is 0 Å². The number of tetrazole rings is 1. The summed E-state index contributed by atoms with van der Waals surface area (Å²) in [6.45, 7) is 0. The fraction of sp³-hybridized carbons (Fsp3) is 0. The molecule has 0 bridgehead atoms. The number of benzene rings is 1. The van der Waals surface area contributed by atoms with Crippen LogP contribution in [-0.2, 0) is 0 Å². The van der Waals surface area contributed by atoms with Crippen LogP contribution in [0.3, 0.4) is 0 Å². The first-order chi connectivity index (χ1) is 10.1. The number of nitrogens with zero attached hydrogens (tertiary/aromatic N) is 5. The van der Waals surface area contributed by atoms with Gasteiger partial charge in [0.15, 0.2) is 0 Å². The van der Waals surface area contributed by atoms with Crippen LogP contribution in [0.4, 0.5) is 5.69 Å². The minimum absolute atomic E-state index is 0.00255. The summed E-state index contributed by atoms with van der Waals surface area (Å²) in [5, 5.41) is 21.3. The van der Waals surface area contributed by atoms with E-state index in [0.717, 1.165) is 11.8 Å². The molecule has 0 amide bonds. The lowest BCUT2D eigenvalue weighted by molar-refractivity contribution is 0.475. The monoisotopic (exact) mass is 303 g/mol. The van der Waals surface area contributed by atoms with E-state index >= 15 is 0 Å². The molecular weight excluding hydrogens is 294 g/mol. The standard InChI is InChI=1S/C11H9N7O2S/c12-8-9(20)13-5-14-10(8)21-11-15-16-17-18(11)6-1-3-7(19)4-2-6/h1-5,19H,12H2,(H,13,14,20). The highest BCUT2D eigenvalue weighted by molar-refractivity contribution is 7.99. The maximum atomic E-state index is 11.4. The fourth-order valence-corrected chi connectivity index (χ4v) is 2.35. The van der Waals surface area contributed by atoms with Crippen LogP contribution in [0.5, 0.6) is 5.75 Å². The molecule has 10 heteroatoms. The van der Waals surface area contributed by atoms with Crippen molar-refractivity contribution in [3.05, 3.63) is 40.9 Å². The summed E-state index contributed by atoms with van der Waals surface area (Å²) >= 11 is 1.07. The molecule has 0 aliphatic rings. The number of aromatic hydroxyl groups is 1. The van der Waals surface area contributed by atoms with Crippen molar-refractivity contribution in [3.8, 4) is 11.4 Å². The zero-order chi connectivity index (χ0) is 14.8. The van der Waals surface area contributed by atoms with E-state index in [0.29, 0.717) is 15.9 Å². The number of hydrogen-bond donors (Lipinski definition) is 3. The van der Waals surface area contributed by atoms with Gasteiger partial charge in [0.25, 0.3) is 5.56 Å². The topological polar surface area (TPSA) is 136 Å². The van der Waals surface area contributed by atoms with Gasteiger partial charge in [-0.05, 0) is 46.5 Å². The van der Waals surface area contributed by atoms with Crippen LogP contribution in [0.2, 0.25) is 0 Å². The van der Waals surface area contributed by atoms with Gasteiger partial charge in [-0.3, -0.25) is 4.79 Å². The number of phenols is 1. The highest BCUT2D eigenvalue weighted by Crippen LogP contribution is 2.27. The number of phenolic OH excluding ortho intramolecular Hbond substituents is 1. The predicted molar refractivity (Wildman–Crippen MR) is 74.2 cm³/mol. The third-order valence-corrected chi connectivity index (χ3v) is 3.53. The van der Waals surface area contributed by atoms with Crippen molar-refractivity contribution < 1.29 is 5.11 Å². The Morgan fingerprint density at radius 3 is 2.81 bits per heavy atom. The van der Waals surface area contributed by atoms with E-state index in [1.807, 2.05) is 0 Å². The highest BCUT2D eigenvalue weighted by atomic mass is 32.2. The van der Waals surface area contributed by atoms with Gasteiger partial charge in [0.2, 0.25) is 5.16 Å². The third-order valence-electron chi connectivity index (χ3n) is 2.58. The molecule has 0 spiro atoms. The number of hydrogen-bond acceptors (Lipinski definition) is 8. The van der Waals surface area contributed by atoms with E-state index in [9.17, 15) is 9.90 Å². The second-order valence-corrected chi connectivity index (χ2v) is 4.90. The maximum Gasteiger partial charge on any atom is 0.275 e. The first-order valence-corrected chi connectivity index (χ1v) is 6.55. The molecular formula is C11H9N7O2S. The van der Waals surface area contributed by atoms with Gasteiger partial charge in [-0.25, -0.2) is 4.98 Å². The van der Waals surface area contributed by atoms with E-state index in [1.54, 1.807) is 12.1 Å². The van der Waals surface area contributed by atoms with Crippen LogP contribution in [0.1, 0.15) is 0 Å². The quantitative estimate of drug-likeness (QED) is 0.583. The SMILES string of the molecule is Nc1c(Sc2nnnn2-c2ccc(O)cc2)nc[nH]c1=O. The van der Waals surface area contributed by atoms with Crippen LogP contribution in [0, 0.1) is 0 Å². The molecule has 106 valence electrons. The van der Waals surface area contributed by atoms with Gasteiger partial charge in [-0.2, -0.15) is 4.68 Å². The fourth-order valence-electron chi connectivity index (χ4n) is 1.56. The Morgan fingerprint density at radius 2 is 2.05 bits per heavy atom. The molecule has 0 saturated carbocycles. The first-order valence-electron chi connectivity index (χ1n) is 5.74. The van der Waals surface area contributed by atoms with E-state index in [4.69, 9.17) is 5.73 Å². The average molecular weight is 303 g/mol. The second-order valence-electron chi connectivity index (χ2n) is 3.94. The Morgan fingerprint density at radius 1 is 1.29 bits per heavy atom. The Kier molecular flexibility index (Phi) is 3.28. The van der Waals surface area contributed by atoms with Crippen LogP contribution < -0.4 is 11.3 Å². The summed E-state index contributed by atoms with van der Waals surface area (Å²) in [4.78, 5) is 17.8. The number of aromatic amines is 1. The largest absolute Gasteiger partial charge is 0.508 e. The van der Waals surface area contributed by atoms with Gasteiger partial charge < -0.3 is 15.8 Å². The Labute approximate surface area is 121 Å². The van der Waals surface area contributed by atoms with Crippen LogP contribution >= 0.6 is 11.8 Å². The van der Waals surface area contributed by atoms with Crippen molar-refractivity contribution in [2.75, 3.05) is 5.73 Å². The van der Waals surface area contributed by atoms with Gasteiger partial charge in [0, 0.05) is 0 Å². The lowest BCUT2D eigenvalue weighted by Gasteiger charge is -2.04. The molecule has 2 aromatic heterocycles. The van der Waals surface area contributed by atoms with Crippen LogP contribution in [-0.4, -0.2) is 35.3 Å². The number of anilines is 1. The Bertz CT molecular complexity index is 827. The van der Waals surface area contributed by atoms with Crippen molar-refractivity contribution in [3.63, 3.8) is 0 Å². The van der Waals surface area contributed by atoms with Crippen molar-refractivity contribution in [1.82, 2.24) is 30.2 Å². The molecule has 4 N–H and O–H groups in total. The summed E-state index contributed by atoms with van der Waals surface area (Å²) in [5.74, 6) is 0.140. The van der Waals surface area contributed by atoms with Crippen molar-refractivity contribution >= 4 is 17.4 Å². The third kappa shape index (κ3) is 2.56. The molecule has 0 aliphatic heterocycles. The average Bonchev–Trinajstić information content (AvgIpc) is 2.93. The molecule has 0 aliphatic carbocycles. The van der Waals surface area contributed by atoms with Gasteiger partial charge >= 0.3 is 0 Å². The van der Waals surface area contributed by atoms with Gasteiger partial charge in [-0.1, -0.05) is 0 Å². The smallest absolute Gasteiger partial charge is 0.275 e. The number of nitrogens with two attached hydrogens (primary N) is 1.